The molecule has 0 saturated heterocycles. The highest BCUT2D eigenvalue weighted by molar-refractivity contribution is 5.86. The van der Waals surface area contributed by atoms with Crippen molar-refractivity contribution < 1.29 is 0 Å². The van der Waals surface area contributed by atoms with Gasteiger partial charge in [0.2, 0.25) is 0 Å². The third-order valence-corrected chi connectivity index (χ3v) is 4.65. The van der Waals surface area contributed by atoms with Crippen molar-refractivity contribution in [2.45, 2.75) is 0 Å². The highest BCUT2D eigenvalue weighted by Crippen LogP contribution is 2.26. The first-order valence-electron chi connectivity index (χ1n) is 8.84. The van der Waals surface area contributed by atoms with Crippen LogP contribution in [0.2, 0.25) is 0 Å². The van der Waals surface area contributed by atoms with Gasteiger partial charge in [-0.1, -0.05) is 48.5 Å². The summed E-state index contributed by atoms with van der Waals surface area (Å²) in [5, 5.41) is 7.48. The maximum absolute atomic E-state index is 12.5. The molecule has 0 radical (unpaired) electrons. The Balaban J connectivity index is 1.75. The summed E-state index contributed by atoms with van der Waals surface area (Å²) in [6.07, 6.45) is 6.61. The van der Waals surface area contributed by atoms with Crippen LogP contribution in [0.4, 0.5) is 0 Å². The molecule has 0 aliphatic carbocycles. The molecule has 28 heavy (non-hydrogen) atoms. The molecular formula is C22H15N5O. The van der Waals surface area contributed by atoms with Gasteiger partial charge in [0, 0.05) is 23.2 Å². The molecule has 4 aromatic rings. The summed E-state index contributed by atoms with van der Waals surface area (Å²) in [6, 6.07) is 18.0. The van der Waals surface area contributed by atoms with E-state index in [2.05, 4.69) is 20.2 Å². The largest absolute Gasteiger partial charge is 0.295 e. The van der Waals surface area contributed by atoms with Crippen LogP contribution < -0.4 is 16.1 Å². The van der Waals surface area contributed by atoms with Crippen LogP contribution in [0.15, 0.2) is 88.7 Å². The number of hydrogen-bond donors (Lipinski definition) is 2. The lowest BCUT2D eigenvalue weighted by atomic mass is 10.00. The molecule has 0 unspecified atom stereocenters. The number of aromatic nitrogens is 4. The fraction of sp³-hybridized carbons (Fsp3) is 0. The molecule has 0 bridgehead atoms. The summed E-state index contributed by atoms with van der Waals surface area (Å²) in [7, 11) is 0. The van der Waals surface area contributed by atoms with Crippen LogP contribution in [0.1, 0.15) is 11.1 Å². The normalized spacial score (nSPS) is 14.1. The van der Waals surface area contributed by atoms with E-state index in [1.165, 1.54) is 0 Å². The van der Waals surface area contributed by atoms with E-state index in [-0.39, 0.29) is 5.56 Å². The van der Waals surface area contributed by atoms with Crippen molar-refractivity contribution in [2.75, 3.05) is 0 Å². The summed E-state index contributed by atoms with van der Waals surface area (Å²) < 4.78 is 0. The number of benzene rings is 2. The number of nitrogens with zero attached hydrogens (tertiary/aromatic N) is 3. The molecule has 134 valence electrons. The van der Waals surface area contributed by atoms with Gasteiger partial charge in [0.15, 0.2) is 0 Å². The number of allylic oxidation sites excluding steroid dienone is 1. The highest BCUT2D eigenvalue weighted by Gasteiger charge is 2.18. The molecule has 0 amide bonds. The van der Waals surface area contributed by atoms with Crippen molar-refractivity contribution in [3.8, 4) is 11.4 Å². The standard InChI is InChI=1S/C22H15N5O/c28-22-16(21(26-27-22)19-13-23-10-11-24-19)12-18-20(14-6-2-1-3-7-14)15-8-4-5-9-17(15)25-18/h1-13H,(H2,26,27,28)/b18-12-. The van der Waals surface area contributed by atoms with Gasteiger partial charge in [-0.15, -0.1) is 0 Å². The van der Waals surface area contributed by atoms with Crippen LogP contribution in [0.25, 0.3) is 23.0 Å². The van der Waals surface area contributed by atoms with Crippen molar-refractivity contribution in [3.05, 3.63) is 111 Å². The Bertz CT molecular complexity index is 1370. The Kier molecular flexibility index (Phi) is 3.80. The minimum absolute atomic E-state index is 0.230. The molecule has 1 aliphatic rings. The van der Waals surface area contributed by atoms with Gasteiger partial charge in [-0.3, -0.25) is 25.0 Å². The molecule has 0 spiro atoms. The molecule has 0 fully saturated rings. The van der Waals surface area contributed by atoms with Crippen LogP contribution in [0.3, 0.4) is 0 Å². The molecule has 1 aliphatic heterocycles. The van der Waals surface area contributed by atoms with Gasteiger partial charge >= 0.3 is 0 Å². The van der Waals surface area contributed by atoms with Crippen molar-refractivity contribution >= 4 is 11.6 Å². The summed E-state index contributed by atoms with van der Waals surface area (Å²) in [5.41, 5.74) is 4.21. The predicted octanol–water partition coefficient (Wildman–Crippen LogP) is 2.03. The first-order chi connectivity index (χ1) is 13.8. The van der Waals surface area contributed by atoms with E-state index >= 15 is 0 Å². The zero-order valence-electron chi connectivity index (χ0n) is 14.8. The lowest BCUT2D eigenvalue weighted by Gasteiger charge is -2.05. The maximum Gasteiger partial charge on any atom is 0.271 e. The molecule has 0 atom stereocenters. The van der Waals surface area contributed by atoms with Crippen LogP contribution >= 0.6 is 0 Å². The fourth-order valence-electron chi connectivity index (χ4n) is 3.39. The van der Waals surface area contributed by atoms with Gasteiger partial charge in [0.1, 0.15) is 5.69 Å². The second-order valence-electron chi connectivity index (χ2n) is 6.36. The summed E-state index contributed by atoms with van der Waals surface area (Å²) in [5.74, 6) is 0. The third-order valence-electron chi connectivity index (χ3n) is 4.65. The predicted molar refractivity (Wildman–Crippen MR) is 107 cm³/mol. The van der Waals surface area contributed by atoms with Crippen LogP contribution in [0, 0.1) is 0 Å². The van der Waals surface area contributed by atoms with Gasteiger partial charge < -0.3 is 0 Å². The number of rotatable bonds is 3. The number of nitrogens with one attached hydrogen (secondary N) is 2. The second kappa shape index (κ2) is 6.59. The number of aromatic amines is 2. The van der Waals surface area contributed by atoms with E-state index in [1.807, 2.05) is 60.7 Å². The average Bonchev–Trinajstić information content (AvgIpc) is 3.30. The summed E-state index contributed by atoms with van der Waals surface area (Å²) in [6.45, 7) is 0. The Hall–Kier alpha value is -4.06. The number of hydrogen-bond acceptors (Lipinski definition) is 4. The van der Waals surface area contributed by atoms with Crippen LogP contribution in [-0.4, -0.2) is 20.2 Å². The lowest BCUT2D eigenvalue weighted by Crippen LogP contribution is -2.22. The first-order valence-corrected chi connectivity index (χ1v) is 8.84. The average molecular weight is 365 g/mol. The van der Waals surface area contributed by atoms with Gasteiger partial charge in [-0.25, -0.2) is 4.99 Å². The van der Waals surface area contributed by atoms with Crippen molar-refractivity contribution in [3.63, 3.8) is 0 Å². The highest BCUT2D eigenvalue weighted by atomic mass is 16.1. The first kappa shape index (κ1) is 16.1. The van der Waals surface area contributed by atoms with Gasteiger partial charge in [0.25, 0.3) is 5.56 Å². The molecular weight excluding hydrogens is 350 g/mol. The topological polar surface area (TPSA) is 86.8 Å². The number of para-hydroxylation sites is 1. The Labute approximate surface area is 159 Å². The number of H-pyrrole nitrogens is 2. The molecule has 6 heteroatoms. The van der Waals surface area contributed by atoms with Gasteiger partial charge in [-0.2, -0.15) is 0 Å². The van der Waals surface area contributed by atoms with Gasteiger partial charge in [-0.05, 0) is 17.7 Å². The molecule has 2 aromatic carbocycles. The monoisotopic (exact) mass is 365 g/mol. The SMILES string of the molecule is O=c1[nH][nH]c(-c2cnccn2)c1/C=C1\N=c2ccccc2=C1c1ccccc1. The van der Waals surface area contributed by atoms with Crippen molar-refractivity contribution in [2.24, 2.45) is 4.99 Å². The molecule has 6 nitrogen and oxygen atoms in total. The van der Waals surface area contributed by atoms with E-state index in [9.17, 15) is 4.79 Å². The lowest BCUT2D eigenvalue weighted by molar-refractivity contribution is 1.05. The summed E-state index contributed by atoms with van der Waals surface area (Å²) >= 11 is 0. The Morgan fingerprint density at radius 1 is 0.893 bits per heavy atom. The molecule has 5 rings (SSSR count). The minimum Gasteiger partial charge on any atom is -0.295 e. The molecule has 0 saturated carbocycles. The maximum atomic E-state index is 12.5. The molecule has 2 aromatic heterocycles. The zero-order valence-corrected chi connectivity index (χ0v) is 14.8. The van der Waals surface area contributed by atoms with E-state index in [1.54, 1.807) is 18.6 Å². The fourth-order valence-corrected chi connectivity index (χ4v) is 3.39. The quantitative estimate of drug-likeness (QED) is 0.582. The number of fused-ring (bicyclic) bond motifs is 1. The van der Waals surface area contributed by atoms with E-state index in [0.29, 0.717) is 17.0 Å². The van der Waals surface area contributed by atoms with Crippen molar-refractivity contribution in [1.82, 2.24) is 20.2 Å². The molecule has 3 heterocycles. The van der Waals surface area contributed by atoms with E-state index in [0.717, 1.165) is 27.4 Å². The van der Waals surface area contributed by atoms with E-state index < -0.39 is 0 Å². The molecule has 2 N–H and O–H groups in total. The summed E-state index contributed by atoms with van der Waals surface area (Å²) in [4.78, 5) is 25.7. The van der Waals surface area contributed by atoms with Crippen LogP contribution in [-0.2, 0) is 0 Å². The van der Waals surface area contributed by atoms with Crippen molar-refractivity contribution in [1.29, 1.82) is 0 Å². The van der Waals surface area contributed by atoms with Crippen LogP contribution in [0.5, 0.6) is 0 Å². The minimum atomic E-state index is -0.230. The Morgan fingerprint density at radius 3 is 2.54 bits per heavy atom. The second-order valence-corrected chi connectivity index (χ2v) is 6.36. The third kappa shape index (κ3) is 2.68. The Morgan fingerprint density at radius 2 is 1.71 bits per heavy atom. The van der Waals surface area contributed by atoms with Gasteiger partial charge in [0.05, 0.1) is 28.5 Å². The zero-order chi connectivity index (χ0) is 18.9. The smallest absolute Gasteiger partial charge is 0.271 e. The van der Waals surface area contributed by atoms with E-state index in [4.69, 9.17) is 4.99 Å².